The summed E-state index contributed by atoms with van der Waals surface area (Å²) in [5.41, 5.74) is 2.03. The van der Waals surface area contributed by atoms with Crippen molar-refractivity contribution in [3.63, 3.8) is 0 Å². The highest BCUT2D eigenvalue weighted by molar-refractivity contribution is 5.93. The van der Waals surface area contributed by atoms with Gasteiger partial charge in [-0.3, -0.25) is 0 Å². The fourth-order valence-electron chi connectivity index (χ4n) is 3.00. The number of benzene rings is 2. The molecule has 0 saturated heterocycles. The Bertz CT molecular complexity index is 1030. The number of unbranched alkanes of at least 4 members (excludes halogenated alkanes) is 1. The third-order valence-corrected chi connectivity index (χ3v) is 4.50. The number of hydrogen-bond acceptors (Lipinski definition) is 5. The highest BCUT2D eigenvalue weighted by Gasteiger charge is 2.15. The summed E-state index contributed by atoms with van der Waals surface area (Å²) < 4.78 is 16.1. The number of ether oxygens (including phenoxy) is 2. The van der Waals surface area contributed by atoms with Gasteiger partial charge in [-0.2, -0.15) is 0 Å². The van der Waals surface area contributed by atoms with Crippen LogP contribution in [-0.4, -0.2) is 13.1 Å². The summed E-state index contributed by atoms with van der Waals surface area (Å²) in [5.74, 6) is 0.443. The van der Waals surface area contributed by atoms with Gasteiger partial charge in [0.05, 0.1) is 12.7 Å². The lowest BCUT2D eigenvalue weighted by Gasteiger charge is -2.11. The molecule has 0 aliphatic heterocycles. The van der Waals surface area contributed by atoms with Gasteiger partial charge in [0.2, 0.25) is 0 Å². The molecule has 140 valence electrons. The molecule has 0 unspecified atom stereocenters. The first-order valence-corrected chi connectivity index (χ1v) is 8.96. The van der Waals surface area contributed by atoms with E-state index in [1.54, 1.807) is 43.3 Å². The van der Waals surface area contributed by atoms with Crippen molar-refractivity contribution in [1.29, 1.82) is 0 Å². The third-order valence-electron chi connectivity index (χ3n) is 4.50. The first-order valence-electron chi connectivity index (χ1n) is 8.96. The lowest BCUT2D eigenvalue weighted by atomic mass is 10.0. The molecule has 0 radical (unpaired) electrons. The molecule has 0 aliphatic rings. The van der Waals surface area contributed by atoms with Gasteiger partial charge in [-0.1, -0.05) is 19.4 Å². The Morgan fingerprint density at radius 2 is 1.96 bits per heavy atom. The molecule has 1 heterocycles. The van der Waals surface area contributed by atoms with E-state index < -0.39 is 11.6 Å². The van der Waals surface area contributed by atoms with Crippen molar-refractivity contribution >= 4 is 16.9 Å². The van der Waals surface area contributed by atoms with Gasteiger partial charge in [-0.05, 0) is 55.7 Å². The topological polar surface area (TPSA) is 65.7 Å². The molecule has 5 nitrogen and oxygen atoms in total. The van der Waals surface area contributed by atoms with Gasteiger partial charge < -0.3 is 13.9 Å². The minimum Gasteiger partial charge on any atom is -0.497 e. The van der Waals surface area contributed by atoms with Gasteiger partial charge in [0.25, 0.3) is 0 Å². The highest BCUT2D eigenvalue weighted by Crippen LogP contribution is 2.29. The standard InChI is InChI=1S/C22H22O5/c1-4-5-7-15-13-20(23)27-21-14(2)19(11-10-18(15)21)26-22(24)16-8-6-9-17(12-16)25-3/h6,8-13H,4-5,7H2,1-3H3. The molecule has 2 aromatic carbocycles. The SMILES string of the molecule is CCCCc1cc(=O)oc2c(C)c(OC(=O)c3cccc(OC)c3)ccc12. The molecule has 0 bridgehead atoms. The van der Waals surface area contributed by atoms with Crippen LogP contribution in [-0.2, 0) is 6.42 Å². The molecule has 0 amide bonds. The second-order valence-electron chi connectivity index (χ2n) is 6.38. The first kappa shape index (κ1) is 18.7. The van der Waals surface area contributed by atoms with E-state index in [9.17, 15) is 9.59 Å². The van der Waals surface area contributed by atoms with Crippen LogP contribution in [0.2, 0.25) is 0 Å². The zero-order valence-electron chi connectivity index (χ0n) is 15.7. The van der Waals surface area contributed by atoms with Crippen molar-refractivity contribution < 1.29 is 18.7 Å². The van der Waals surface area contributed by atoms with Crippen LogP contribution < -0.4 is 15.1 Å². The van der Waals surface area contributed by atoms with E-state index in [1.807, 2.05) is 6.07 Å². The summed E-state index contributed by atoms with van der Waals surface area (Å²) >= 11 is 0. The number of carbonyl (C=O) groups excluding carboxylic acids is 1. The van der Waals surface area contributed by atoms with E-state index in [4.69, 9.17) is 13.9 Å². The molecular formula is C22H22O5. The fraction of sp³-hybridized carbons (Fsp3) is 0.273. The molecule has 0 aliphatic carbocycles. The zero-order chi connectivity index (χ0) is 19.4. The Morgan fingerprint density at radius 3 is 2.70 bits per heavy atom. The van der Waals surface area contributed by atoms with E-state index in [2.05, 4.69) is 6.92 Å². The molecule has 27 heavy (non-hydrogen) atoms. The van der Waals surface area contributed by atoms with E-state index >= 15 is 0 Å². The molecule has 0 saturated carbocycles. The number of rotatable bonds is 6. The third kappa shape index (κ3) is 4.03. The number of aryl methyl sites for hydroxylation is 2. The van der Waals surface area contributed by atoms with Crippen LogP contribution in [0.3, 0.4) is 0 Å². The summed E-state index contributed by atoms with van der Waals surface area (Å²) in [7, 11) is 1.54. The molecule has 3 rings (SSSR count). The van der Waals surface area contributed by atoms with Crippen LogP contribution in [0.25, 0.3) is 11.0 Å². The summed E-state index contributed by atoms with van der Waals surface area (Å²) in [6.45, 7) is 3.89. The predicted molar refractivity (Wildman–Crippen MR) is 104 cm³/mol. The summed E-state index contributed by atoms with van der Waals surface area (Å²) in [6.07, 6.45) is 2.84. The summed E-state index contributed by atoms with van der Waals surface area (Å²) in [4.78, 5) is 24.4. The first-order chi connectivity index (χ1) is 13.0. The predicted octanol–water partition coefficient (Wildman–Crippen LogP) is 4.67. The second kappa shape index (κ2) is 8.08. The van der Waals surface area contributed by atoms with Gasteiger partial charge in [-0.15, -0.1) is 0 Å². The molecule has 0 spiro atoms. The molecule has 0 N–H and O–H groups in total. The normalized spacial score (nSPS) is 10.8. The molecule has 0 atom stereocenters. The van der Waals surface area contributed by atoms with Gasteiger partial charge in [0.1, 0.15) is 17.1 Å². The largest absolute Gasteiger partial charge is 0.497 e. The van der Waals surface area contributed by atoms with E-state index in [1.165, 1.54) is 7.11 Å². The van der Waals surface area contributed by atoms with E-state index in [0.29, 0.717) is 28.2 Å². The fourth-order valence-corrected chi connectivity index (χ4v) is 3.00. The van der Waals surface area contributed by atoms with Crippen molar-refractivity contribution in [1.82, 2.24) is 0 Å². The smallest absolute Gasteiger partial charge is 0.343 e. The van der Waals surface area contributed by atoms with Crippen molar-refractivity contribution in [2.45, 2.75) is 33.1 Å². The number of esters is 1. The second-order valence-corrected chi connectivity index (χ2v) is 6.38. The van der Waals surface area contributed by atoms with Crippen LogP contribution in [0.1, 0.15) is 41.3 Å². The van der Waals surface area contributed by atoms with Crippen molar-refractivity contribution in [2.75, 3.05) is 7.11 Å². The quantitative estimate of drug-likeness (QED) is 0.360. The number of carbonyl (C=O) groups is 1. The Morgan fingerprint density at radius 1 is 1.15 bits per heavy atom. The summed E-state index contributed by atoms with van der Waals surface area (Å²) in [6, 6.07) is 11.9. The Kier molecular flexibility index (Phi) is 5.60. The van der Waals surface area contributed by atoms with Crippen LogP contribution in [0.4, 0.5) is 0 Å². The van der Waals surface area contributed by atoms with Crippen molar-refractivity contribution in [3.8, 4) is 11.5 Å². The minimum absolute atomic E-state index is 0.367. The lowest BCUT2D eigenvalue weighted by molar-refractivity contribution is 0.0733. The van der Waals surface area contributed by atoms with Gasteiger partial charge >= 0.3 is 11.6 Å². The van der Waals surface area contributed by atoms with Crippen LogP contribution in [0.15, 0.2) is 51.7 Å². The summed E-state index contributed by atoms with van der Waals surface area (Å²) in [5, 5.41) is 0.877. The van der Waals surface area contributed by atoms with Crippen LogP contribution in [0.5, 0.6) is 11.5 Å². The Labute approximate surface area is 157 Å². The Hall–Kier alpha value is -3.08. The molecule has 5 heteroatoms. The molecule has 1 aromatic heterocycles. The average molecular weight is 366 g/mol. The molecule has 0 fully saturated rings. The lowest BCUT2D eigenvalue weighted by Crippen LogP contribution is -2.10. The monoisotopic (exact) mass is 366 g/mol. The number of fused-ring (bicyclic) bond motifs is 1. The molecule has 3 aromatic rings. The maximum absolute atomic E-state index is 12.5. The van der Waals surface area contributed by atoms with E-state index in [0.717, 1.165) is 30.2 Å². The average Bonchev–Trinajstić information content (AvgIpc) is 2.68. The minimum atomic E-state index is -0.499. The van der Waals surface area contributed by atoms with Crippen LogP contribution in [0, 0.1) is 6.92 Å². The van der Waals surface area contributed by atoms with Crippen molar-refractivity contribution in [3.05, 3.63) is 69.6 Å². The van der Waals surface area contributed by atoms with Gasteiger partial charge in [0.15, 0.2) is 0 Å². The highest BCUT2D eigenvalue weighted by atomic mass is 16.5. The van der Waals surface area contributed by atoms with Crippen LogP contribution >= 0.6 is 0 Å². The van der Waals surface area contributed by atoms with Gasteiger partial charge in [-0.25, -0.2) is 9.59 Å². The van der Waals surface area contributed by atoms with E-state index in [-0.39, 0.29) is 0 Å². The zero-order valence-corrected chi connectivity index (χ0v) is 15.7. The van der Waals surface area contributed by atoms with Crippen molar-refractivity contribution in [2.24, 2.45) is 0 Å². The maximum Gasteiger partial charge on any atom is 0.343 e. The Balaban J connectivity index is 1.97. The number of methoxy groups -OCH3 is 1. The maximum atomic E-state index is 12.5. The molecular weight excluding hydrogens is 344 g/mol. The number of hydrogen-bond donors (Lipinski definition) is 0. The van der Waals surface area contributed by atoms with Gasteiger partial charge in [0, 0.05) is 17.0 Å².